The summed E-state index contributed by atoms with van der Waals surface area (Å²) < 4.78 is 35.6. The monoisotopic (exact) mass is 342 g/mol. The first-order valence-corrected chi connectivity index (χ1v) is 6.63. The summed E-state index contributed by atoms with van der Waals surface area (Å²) in [6, 6.07) is -1.54. The Balaban J connectivity index is 3.88. The van der Waals surface area contributed by atoms with Crippen molar-refractivity contribution in [3.63, 3.8) is 0 Å². The third-order valence-corrected chi connectivity index (χ3v) is 2.64. The lowest BCUT2D eigenvalue weighted by molar-refractivity contribution is -0.173. The second-order valence-electron chi connectivity index (χ2n) is 4.62. The number of rotatable bonds is 10. The highest BCUT2D eigenvalue weighted by Crippen LogP contribution is 2.14. The number of carbonyl (C=O) groups is 4. The summed E-state index contributed by atoms with van der Waals surface area (Å²) in [5.41, 5.74) is 0. The van der Waals surface area contributed by atoms with Crippen molar-refractivity contribution in [3.05, 3.63) is 0 Å². The topological polar surface area (TPSA) is 133 Å². The highest BCUT2D eigenvalue weighted by molar-refractivity contribution is 5.86. The number of carbonyl (C=O) groups excluding carboxylic acids is 2. The van der Waals surface area contributed by atoms with Gasteiger partial charge >= 0.3 is 24.0 Å². The first kappa shape index (κ1) is 20.7. The predicted octanol–water partition coefficient (Wildman–Crippen LogP) is 0.269. The number of alkyl halides is 3. The van der Waals surface area contributed by atoms with E-state index in [1.165, 1.54) is 0 Å². The summed E-state index contributed by atoms with van der Waals surface area (Å²) in [5.74, 6) is -5.56. The summed E-state index contributed by atoms with van der Waals surface area (Å²) in [7, 11) is 0. The van der Waals surface area contributed by atoms with Gasteiger partial charge in [0, 0.05) is 13.0 Å². The van der Waals surface area contributed by atoms with E-state index in [1.54, 1.807) is 5.32 Å². The zero-order valence-corrected chi connectivity index (χ0v) is 12.0. The molecule has 0 bridgehead atoms. The minimum atomic E-state index is -4.93. The normalized spacial score (nSPS) is 12.3. The molecule has 0 aliphatic heterocycles. The Morgan fingerprint density at radius 1 is 1.00 bits per heavy atom. The van der Waals surface area contributed by atoms with Gasteiger partial charge in [-0.25, -0.2) is 4.79 Å². The molecule has 11 heteroatoms. The maximum Gasteiger partial charge on any atom is 0.471 e. The number of nitrogens with one attached hydrogen (secondary N) is 2. The van der Waals surface area contributed by atoms with Gasteiger partial charge in [-0.2, -0.15) is 13.2 Å². The zero-order valence-electron chi connectivity index (χ0n) is 12.0. The lowest BCUT2D eigenvalue weighted by Crippen LogP contribution is -2.42. The number of amides is 2. The maximum absolute atomic E-state index is 11.9. The molecular formula is C12H17F3N2O6. The molecule has 8 nitrogen and oxygen atoms in total. The maximum atomic E-state index is 11.9. The van der Waals surface area contributed by atoms with Gasteiger partial charge in [0.05, 0.1) is 6.42 Å². The van der Waals surface area contributed by atoms with Gasteiger partial charge in [0.2, 0.25) is 5.91 Å². The van der Waals surface area contributed by atoms with E-state index in [1.807, 2.05) is 5.32 Å². The molecule has 0 spiro atoms. The average Bonchev–Trinajstić information content (AvgIpc) is 2.39. The van der Waals surface area contributed by atoms with Gasteiger partial charge in [0.1, 0.15) is 6.04 Å². The number of unbranched alkanes of at least 4 members (excludes halogenated alkanes) is 2. The van der Waals surface area contributed by atoms with E-state index in [-0.39, 0.29) is 25.8 Å². The smallest absolute Gasteiger partial charge is 0.471 e. The number of hydrogen-bond acceptors (Lipinski definition) is 4. The number of aliphatic carboxylic acids is 2. The average molecular weight is 342 g/mol. The lowest BCUT2D eigenvalue weighted by Gasteiger charge is -2.12. The van der Waals surface area contributed by atoms with E-state index in [0.29, 0.717) is 6.42 Å². The van der Waals surface area contributed by atoms with Gasteiger partial charge in [-0.1, -0.05) is 6.42 Å². The Bertz CT molecular complexity index is 453. The van der Waals surface area contributed by atoms with Crippen LogP contribution in [0, 0.1) is 0 Å². The van der Waals surface area contributed by atoms with Crippen molar-refractivity contribution in [1.29, 1.82) is 0 Å². The number of hydrogen-bond donors (Lipinski definition) is 4. The highest BCUT2D eigenvalue weighted by atomic mass is 19.4. The van der Waals surface area contributed by atoms with Crippen LogP contribution in [0.25, 0.3) is 0 Å². The number of carboxylic acids is 2. The molecule has 2 amide bonds. The van der Waals surface area contributed by atoms with Gasteiger partial charge in [0.25, 0.3) is 0 Å². The van der Waals surface area contributed by atoms with E-state index in [0.717, 1.165) is 0 Å². The van der Waals surface area contributed by atoms with E-state index in [4.69, 9.17) is 10.2 Å². The minimum Gasteiger partial charge on any atom is -0.481 e. The molecule has 4 N–H and O–H groups in total. The first-order valence-electron chi connectivity index (χ1n) is 6.63. The Morgan fingerprint density at radius 3 is 2.09 bits per heavy atom. The summed E-state index contributed by atoms with van der Waals surface area (Å²) in [6.07, 6.45) is -4.99. The third kappa shape index (κ3) is 10.1. The molecule has 0 aliphatic rings. The van der Waals surface area contributed by atoms with Crippen LogP contribution in [0.3, 0.4) is 0 Å². The van der Waals surface area contributed by atoms with Gasteiger partial charge in [-0.15, -0.1) is 0 Å². The molecule has 0 aromatic carbocycles. The van der Waals surface area contributed by atoms with Crippen molar-refractivity contribution in [2.24, 2.45) is 0 Å². The van der Waals surface area contributed by atoms with Gasteiger partial charge in [-0.3, -0.25) is 14.4 Å². The van der Waals surface area contributed by atoms with Crippen molar-refractivity contribution in [2.45, 2.75) is 44.3 Å². The summed E-state index contributed by atoms with van der Waals surface area (Å²) >= 11 is 0. The molecule has 0 aromatic rings. The van der Waals surface area contributed by atoms with Gasteiger partial charge in [-0.05, 0) is 12.8 Å². The Kier molecular flexibility index (Phi) is 8.66. The zero-order chi connectivity index (χ0) is 18.0. The molecule has 0 heterocycles. The molecule has 1 atom stereocenters. The number of carboxylic acid groups (broad SMARTS) is 2. The van der Waals surface area contributed by atoms with Gasteiger partial charge in [0.15, 0.2) is 0 Å². The molecule has 0 aliphatic carbocycles. The van der Waals surface area contributed by atoms with Crippen molar-refractivity contribution in [2.75, 3.05) is 6.54 Å². The van der Waals surface area contributed by atoms with Crippen LogP contribution >= 0.6 is 0 Å². The van der Waals surface area contributed by atoms with Crippen LogP contribution < -0.4 is 10.6 Å². The quantitative estimate of drug-likeness (QED) is 0.421. The molecule has 0 saturated heterocycles. The first-order chi connectivity index (χ1) is 10.5. The fourth-order valence-corrected chi connectivity index (χ4v) is 1.53. The fourth-order valence-electron chi connectivity index (χ4n) is 1.53. The van der Waals surface area contributed by atoms with Crippen LogP contribution in [0.15, 0.2) is 0 Å². The Morgan fingerprint density at radius 2 is 1.61 bits per heavy atom. The second-order valence-corrected chi connectivity index (χ2v) is 4.62. The molecule has 0 aromatic heterocycles. The molecular weight excluding hydrogens is 325 g/mol. The largest absolute Gasteiger partial charge is 0.481 e. The van der Waals surface area contributed by atoms with Crippen molar-refractivity contribution in [3.8, 4) is 0 Å². The molecule has 0 rings (SSSR count). The van der Waals surface area contributed by atoms with E-state index < -0.39 is 42.4 Å². The summed E-state index contributed by atoms with van der Waals surface area (Å²) in [4.78, 5) is 43.0. The summed E-state index contributed by atoms with van der Waals surface area (Å²) in [6.45, 7) is -0.198. The fraction of sp³-hybridized carbons (Fsp3) is 0.667. The van der Waals surface area contributed by atoms with Crippen LogP contribution in [-0.4, -0.2) is 52.7 Å². The SMILES string of the molecule is O=C(O)CC(NC(=O)CCCCCNC(=O)C(F)(F)F)C(=O)O. The van der Waals surface area contributed by atoms with Crippen LogP contribution in [0.1, 0.15) is 32.1 Å². The van der Waals surface area contributed by atoms with Crippen LogP contribution in [0.4, 0.5) is 13.2 Å². The standard InChI is InChI=1S/C12H17F3N2O6/c13-12(14,15)11(23)16-5-3-1-2-4-8(18)17-7(10(21)22)6-9(19)20/h7H,1-6H2,(H,16,23)(H,17,18)(H,19,20)(H,21,22). The molecule has 0 saturated carbocycles. The van der Waals surface area contributed by atoms with Crippen LogP contribution in [0.2, 0.25) is 0 Å². The molecule has 132 valence electrons. The second kappa shape index (κ2) is 9.64. The summed E-state index contributed by atoms with van der Waals surface area (Å²) in [5, 5.41) is 20.9. The van der Waals surface area contributed by atoms with E-state index in [9.17, 15) is 32.3 Å². The van der Waals surface area contributed by atoms with Crippen LogP contribution in [-0.2, 0) is 19.2 Å². The highest BCUT2D eigenvalue weighted by Gasteiger charge is 2.38. The number of halogens is 3. The lowest BCUT2D eigenvalue weighted by atomic mass is 10.1. The molecule has 23 heavy (non-hydrogen) atoms. The van der Waals surface area contributed by atoms with Crippen molar-refractivity contribution < 1.29 is 42.6 Å². The van der Waals surface area contributed by atoms with Crippen LogP contribution in [0.5, 0.6) is 0 Å². The minimum absolute atomic E-state index is 0.101. The predicted molar refractivity (Wildman–Crippen MR) is 69.4 cm³/mol. The Labute approximate surface area is 129 Å². The molecule has 0 radical (unpaired) electrons. The van der Waals surface area contributed by atoms with Crippen molar-refractivity contribution >= 4 is 23.8 Å². The Hall–Kier alpha value is -2.33. The molecule has 0 fully saturated rings. The van der Waals surface area contributed by atoms with E-state index >= 15 is 0 Å². The van der Waals surface area contributed by atoms with Crippen molar-refractivity contribution in [1.82, 2.24) is 10.6 Å². The molecule has 1 unspecified atom stereocenters. The van der Waals surface area contributed by atoms with E-state index in [2.05, 4.69) is 0 Å². The van der Waals surface area contributed by atoms with Gasteiger partial charge < -0.3 is 20.8 Å². The third-order valence-electron chi connectivity index (χ3n) is 2.64.